The van der Waals surface area contributed by atoms with Crippen molar-refractivity contribution in [3.05, 3.63) is 0 Å². The van der Waals surface area contributed by atoms with Gasteiger partial charge in [0.25, 0.3) is 0 Å². The van der Waals surface area contributed by atoms with Gasteiger partial charge >= 0.3 is 0 Å². The minimum absolute atomic E-state index is 0.456. The molecule has 1 aliphatic heterocycles. The van der Waals surface area contributed by atoms with Crippen molar-refractivity contribution in [2.45, 2.75) is 51.6 Å². The van der Waals surface area contributed by atoms with E-state index in [1.54, 1.807) is 0 Å². The molecule has 0 aliphatic carbocycles. The topological polar surface area (TPSA) is 29.3 Å². The summed E-state index contributed by atoms with van der Waals surface area (Å²) in [5, 5.41) is 0. The fraction of sp³-hybridized carbons (Fsp3) is 1.00. The molecule has 1 rings (SSSR count). The highest BCUT2D eigenvalue weighted by Crippen LogP contribution is 2.15. The molecule has 2 atom stereocenters. The van der Waals surface area contributed by atoms with E-state index in [1.807, 2.05) is 0 Å². The van der Waals surface area contributed by atoms with Crippen LogP contribution in [0.5, 0.6) is 0 Å². The van der Waals surface area contributed by atoms with Crippen LogP contribution in [0.2, 0.25) is 0 Å². The Kier molecular flexibility index (Phi) is 4.02. The Morgan fingerprint density at radius 2 is 2.25 bits per heavy atom. The van der Waals surface area contributed by atoms with Crippen LogP contribution in [0.4, 0.5) is 0 Å². The van der Waals surface area contributed by atoms with Gasteiger partial charge in [0.1, 0.15) is 0 Å². The van der Waals surface area contributed by atoms with Gasteiger partial charge in [0.05, 0.1) is 0 Å². The number of hydrogen-bond acceptors (Lipinski definition) is 2. The quantitative estimate of drug-likeness (QED) is 0.697. The van der Waals surface area contributed by atoms with Crippen LogP contribution in [-0.4, -0.2) is 30.1 Å². The summed E-state index contributed by atoms with van der Waals surface area (Å²) in [5.74, 6) is 0. The molecule has 2 unspecified atom stereocenters. The molecule has 2 nitrogen and oxygen atoms in total. The molecule has 0 bridgehead atoms. The van der Waals surface area contributed by atoms with Crippen molar-refractivity contribution >= 4 is 0 Å². The first kappa shape index (κ1) is 10.0. The third-order valence-corrected chi connectivity index (χ3v) is 2.85. The van der Waals surface area contributed by atoms with Gasteiger partial charge in [-0.25, -0.2) is 0 Å². The highest BCUT2D eigenvalue weighted by Gasteiger charge is 2.21. The Balaban J connectivity index is 2.25. The third-order valence-electron chi connectivity index (χ3n) is 2.85. The number of unbranched alkanes of at least 4 members (excludes halogenated alkanes) is 1. The Hall–Kier alpha value is -0.0800. The molecule has 2 heteroatoms. The molecule has 0 aromatic heterocycles. The number of nitrogens with zero attached hydrogens (tertiary/aromatic N) is 1. The highest BCUT2D eigenvalue weighted by atomic mass is 15.2. The van der Waals surface area contributed by atoms with Crippen LogP contribution < -0.4 is 5.73 Å². The monoisotopic (exact) mass is 170 g/mol. The van der Waals surface area contributed by atoms with Crippen molar-refractivity contribution < 1.29 is 0 Å². The average Bonchev–Trinajstić information content (AvgIpc) is 2.03. The Morgan fingerprint density at radius 3 is 2.83 bits per heavy atom. The summed E-state index contributed by atoms with van der Waals surface area (Å²) in [7, 11) is 0. The maximum absolute atomic E-state index is 5.89. The smallest absolute Gasteiger partial charge is 0.00816 e. The Bertz CT molecular complexity index is 123. The van der Waals surface area contributed by atoms with Crippen molar-refractivity contribution in [3.63, 3.8) is 0 Å². The minimum atomic E-state index is 0.456. The van der Waals surface area contributed by atoms with E-state index in [2.05, 4.69) is 18.7 Å². The van der Waals surface area contributed by atoms with Gasteiger partial charge in [-0.2, -0.15) is 0 Å². The van der Waals surface area contributed by atoms with Gasteiger partial charge in [-0.1, -0.05) is 13.3 Å². The lowest BCUT2D eigenvalue weighted by molar-refractivity contribution is 0.146. The van der Waals surface area contributed by atoms with Gasteiger partial charge in [0.2, 0.25) is 0 Å². The summed E-state index contributed by atoms with van der Waals surface area (Å²) in [6, 6.07) is 1.16. The number of nitrogens with two attached hydrogens (primary N) is 1. The minimum Gasteiger partial charge on any atom is -0.328 e. The molecule has 0 aromatic carbocycles. The van der Waals surface area contributed by atoms with E-state index in [-0.39, 0.29) is 0 Å². The molecule has 0 spiro atoms. The summed E-state index contributed by atoms with van der Waals surface area (Å²) in [4.78, 5) is 2.58. The van der Waals surface area contributed by atoms with E-state index < -0.39 is 0 Å². The van der Waals surface area contributed by atoms with Crippen LogP contribution >= 0.6 is 0 Å². The molecule has 12 heavy (non-hydrogen) atoms. The third kappa shape index (κ3) is 2.76. The van der Waals surface area contributed by atoms with Crippen molar-refractivity contribution in [2.24, 2.45) is 5.73 Å². The fourth-order valence-electron chi connectivity index (χ4n) is 1.95. The van der Waals surface area contributed by atoms with E-state index >= 15 is 0 Å². The predicted octanol–water partition coefficient (Wildman–Crippen LogP) is 1.60. The van der Waals surface area contributed by atoms with Gasteiger partial charge in [0.15, 0.2) is 0 Å². The zero-order valence-electron chi connectivity index (χ0n) is 8.42. The average molecular weight is 170 g/mol. The molecule has 1 heterocycles. The van der Waals surface area contributed by atoms with Crippen molar-refractivity contribution in [3.8, 4) is 0 Å². The Morgan fingerprint density at radius 1 is 1.50 bits per heavy atom. The molecule has 1 saturated heterocycles. The molecular weight excluding hydrogens is 148 g/mol. The summed E-state index contributed by atoms with van der Waals surface area (Å²) in [6.07, 6.45) is 5.01. The summed E-state index contributed by atoms with van der Waals surface area (Å²) >= 11 is 0. The molecule has 72 valence electrons. The maximum atomic E-state index is 5.89. The summed E-state index contributed by atoms with van der Waals surface area (Å²) in [5.41, 5.74) is 5.89. The first-order valence-electron chi connectivity index (χ1n) is 5.23. The lowest BCUT2D eigenvalue weighted by atomic mass is 9.99. The van der Waals surface area contributed by atoms with Gasteiger partial charge in [-0.15, -0.1) is 0 Å². The molecule has 1 fully saturated rings. The molecule has 2 N–H and O–H groups in total. The second-order valence-electron chi connectivity index (χ2n) is 4.02. The largest absolute Gasteiger partial charge is 0.328 e. The molecule has 1 aliphatic rings. The second kappa shape index (κ2) is 4.83. The highest BCUT2D eigenvalue weighted by molar-refractivity contribution is 4.80. The molecule has 0 amide bonds. The van der Waals surface area contributed by atoms with E-state index in [0.717, 1.165) is 0 Å². The molecule has 0 aromatic rings. The summed E-state index contributed by atoms with van der Waals surface area (Å²) in [6.45, 7) is 7.03. The van der Waals surface area contributed by atoms with Crippen molar-refractivity contribution in [2.75, 3.05) is 13.1 Å². The zero-order valence-corrected chi connectivity index (χ0v) is 8.42. The first-order chi connectivity index (χ1) is 5.74. The van der Waals surface area contributed by atoms with Gasteiger partial charge < -0.3 is 10.6 Å². The number of rotatable bonds is 3. The summed E-state index contributed by atoms with van der Waals surface area (Å²) < 4.78 is 0. The van der Waals surface area contributed by atoms with Crippen LogP contribution in [-0.2, 0) is 0 Å². The van der Waals surface area contributed by atoms with Crippen LogP contribution in [0.1, 0.15) is 39.5 Å². The van der Waals surface area contributed by atoms with Crippen LogP contribution in [0.25, 0.3) is 0 Å². The van der Waals surface area contributed by atoms with Crippen LogP contribution in [0.15, 0.2) is 0 Å². The predicted molar refractivity (Wildman–Crippen MR) is 53.2 cm³/mol. The van der Waals surface area contributed by atoms with E-state index in [1.165, 1.54) is 38.8 Å². The Labute approximate surface area is 76.1 Å². The van der Waals surface area contributed by atoms with Gasteiger partial charge in [0, 0.05) is 12.1 Å². The standard InChI is InChI=1S/C10H22N2/c1-3-4-6-12-7-5-10(11)8-9(12)2/h9-10H,3-8,11H2,1-2H3. The lowest BCUT2D eigenvalue weighted by Gasteiger charge is -2.36. The number of piperidine rings is 1. The SMILES string of the molecule is CCCCN1CCC(N)CC1C. The molecule has 0 saturated carbocycles. The van der Waals surface area contributed by atoms with E-state index in [9.17, 15) is 0 Å². The van der Waals surface area contributed by atoms with Crippen molar-refractivity contribution in [1.82, 2.24) is 4.90 Å². The molecule has 0 radical (unpaired) electrons. The second-order valence-corrected chi connectivity index (χ2v) is 4.02. The van der Waals surface area contributed by atoms with Crippen molar-refractivity contribution in [1.29, 1.82) is 0 Å². The fourth-order valence-corrected chi connectivity index (χ4v) is 1.95. The van der Waals surface area contributed by atoms with E-state index in [4.69, 9.17) is 5.73 Å². The van der Waals surface area contributed by atoms with Gasteiger partial charge in [-0.3, -0.25) is 0 Å². The lowest BCUT2D eigenvalue weighted by Crippen LogP contribution is -2.45. The number of hydrogen-bond donors (Lipinski definition) is 1. The van der Waals surface area contributed by atoms with Crippen LogP contribution in [0, 0.1) is 0 Å². The van der Waals surface area contributed by atoms with E-state index in [0.29, 0.717) is 12.1 Å². The zero-order chi connectivity index (χ0) is 8.97. The van der Waals surface area contributed by atoms with Crippen LogP contribution in [0.3, 0.4) is 0 Å². The first-order valence-corrected chi connectivity index (χ1v) is 5.23. The maximum Gasteiger partial charge on any atom is 0.00816 e. The molecular formula is C10H22N2. The number of likely N-dealkylation sites (tertiary alicyclic amines) is 1. The van der Waals surface area contributed by atoms with Gasteiger partial charge in [-0.05, 0) is 39.3 Å². The normalized spacial score (nSPS) is 32.2.